The molecule has 0 unspecified atom stereocenters. The monoisotopic (exact) mass is 197 g/mol. The SMILES string of the molecule is NCCC(=O)NNC(=O)c1ccco1. The van der Waals surface area contributed by atoms with E-state index in [0.717, 1.165) is 0 Å². The van der Waals surface area contributed by atoms with Gasteiger partial charge in [-0.25, -0.2) is 0 Å². The van der Waals surface area contributed by atoms with Gasteiger partial charge in [0.25, 0.3) is 0 Å². The van der Waals surface area contributed by atoms with E-state index in [-0.39, 0.29) is 24.6 Å². The van der Waals surface area contributed by atoms with Gasteiger partial charge in [0.05, 0.1) is 6.26 Å². The molecule has 0 fully saturated rings. The summed E-state index contributed by atoms with van der Waals surface area (Å²) in [6.07, 6.45) is 1.54. The molecule has 0 bridgehead atoms. The fourth-order valence-corrected chi connectivity index (χ4v) is 0.789. The van der Waals surface area contributed by atoms with E-state index in [9.17, 15) is 9.59 Å². The molecule has 0 aliphatic heterocycles. The molecule has 4 N–H and O–H groups in total. The minimum atomic E-state index is -0.500. The molecule has 6 nitrogen and oxygen atoms in total. The Morgan fingerprint density at radius 3 is 2.79 bits per heavy atom. The Balaban J connectivity index is 2.32. The highest BCUT2D eigenvalue weighted by molar-refractivity contribution is 5.92. The number of nitrogens with two attached hydrogens (primary N) is 1. The first kappa shape index (κ1) is 10.3. The molecule has 0 aliphatic rings. The molecule has 6 heteroatoms. The number of hydrogen-bond donors (Lipinski definition) is 3. The van der Waals surface area contributed by atoms with Gasteiger partial charge in [-0.2, -0.15) is 0 Å². The predicted molar refractivity (Wildman–Crippen MR) is 48.0 cm³/mol. The molecule has 1 aromatic heterocycles. The van der Waals surface area contributed by atoms with E-state index < -0.39 is 5.91 Å². The van der Waals surface area contributed by atoms with E-state index >= 15 is 0 Å². The van der Waals surface area contributed by atoms with Gasteiger partial charge in [-0.15, -0.1) is 0 Å². The first-order valence-corrected chi connectivity index (χ1v) is 4.07. The van der Waals surface area contributed by atoms with Crippen molar-refractivity contribution in [3.05, 3.63) is 24.2 Å². The van der Waals surface area contributed by atoms with E-state index in [1.807, 2.05) is 0 Å². The molecule has 0 saturated heterocycles. The summed E-state index contributed by atoms with van der Waals surface area (Å²) in [5.41, 5.74) is 9.51. The second kappa shape index (κ2) is 5.03. The van der Waals surface area contributed by atoms with Crippen LogP contribution in [0.5, 0.6) is 0 Å². The van der Waals surface area contributed by atoms with Crippen molar-refractivity contribution >= 4 is 11.8 Å². The zero-order chi connectivity index (χ0) is 10.4. The van der Waals surface area contributed by atoms with E-state index in [4.69, 9.17) is 10.2 Å². The number of carbonyl (C=O) groups is 2. The van der Waals surface area contributed by atoms with Crippen LogP contribution >= 0.6 is 0 Å². The van der Waals surface area contributed by atoms with Crippen molar-refractivity contribution in [1.29, 1.82) is 0 Å². The maximum atomic E-state index is 11.2. The molecule has 0 saturated carbocycles. The summed E-state index contributed by atoms with van der Waals surface area (Å²) >= 11 is 0. The van der Waals surface area contributed by atoms with Crippen LogP contribution in [0.15, 0.2) is 22.8 Å². The summed E-state index contributed by atoms with van der Waals surface area (Å²) in [5.74, 6) is -0.703. The van der Waals surface area contributed by atoms with Crippen molar-refractivity contribution in [2.24, 2.45) is 5.73 Å². The van der Waals surface area contributed by atoms with E-state index in [1.54, 1.807) is 6.07 Å². The molecule has 0 aliphatic carbocycles. The molecule has 0 atom stereocenters. The van der Waals surface area contributed by atoms with Crippen molar-refractivity contribution in [3.63, 3.8) is 0 Å². The zero-order valence-electron chi connectivity index (χ0n) is 7.45. The predicted octanol–water partition coefficient (Wildman–Crippen LogP) is -0.611. The number of amides is 2. The minimum Gasteiger partial charge on any atom is -0.459 e. The zero-order valence-corrected chi connectivity index (χ0v) is 7.45. The molecular weight excluding hydrogens is 186 g/mol. The summed E-state index contributed by atoms with van der Waals surface area (Å²) in [6, 6.07) is 3.07. The van der Waals surface area contributed by atoms with Crippen LogP contribution in [0.1, 0.15) is 17.0 Å². The first-order chi connectivity index (χ1) is 6.74. The third-order valence-corrected chi connectivity index (χ3v) is 1.43. The number of hydrogen-bond acceptors (Lipinski definition) is 4. The molecule has 0 aromatic carbocycles. The lowest BCUT2D eigenvalue weighted by Crippen LogP contribution is -2.42. The highest BCUT2D eigenvalue weighted by atomic mass is 16.3. The molecule has 1 heterocycles. The molecule has 0 radical (unpaired) electrons. The average Bonchev–Trinajstić information content (AvgIpc) is 2.67. The van der Waals surface area contributed by atoms with Crippen molar-refractivity contribution < 1.29 is 14.0 Å². The van der Waals surface area contributed by atoms with E-state index in [0.29, 0.717) is 0 Å². The number of rotatable bonds is 3. The molecule has 2 amide bonds. The summed E-state index contributed by atoms with van der Waals surface area (Å²) in [7, 11) is 0. The maximum absolute atomic E-state index is 11.2. The second-order valence-electron chi connectivity index (χ2n) is 2.52. The van der Waals surface area contributed by atoms with Crippen molar-refractivity contribution in [2.75, 3.05) is 6.54 Å². The fourth-order valence-electron chi connectivity index (χ4n) is 0.789. The summed E-state index contributed by atoms with van der Waals surface area (Å²) < 4.78 is 4.80. The van der Waals surface area contributed by atoms with Crippen molar-refractivity contribution in [3.8, 4) is 0 Å². The lowest BCUT2D eigenvalue weighted by atomic mass is 10.4. The van der Waals surface area contributed by atoms with Crippen molar-refractivity contribution in [1.82, 2.24) is 10.9 Å². The Labute approximate surface area is 80.4 Å². The van der Waals surface area contributed by atoms with Crippen molar-refractivity contribution in [2.45, 2.75) is 6.42 Å². The summed E-state index contributed by atoms with van der Waals surface area (Å²) in [5, 5.41) is 0. The van der Waals surface area contributed by atoms with Crippen LogP contribution in [0, 0.1) is 0 Å². The Morgan fingerprint density at radius 1 is 1.43 bits per heavy atom. The summed E-state index contributed by atoms with van der Waals surface area (Å²) in [6.45, 7) is 0.239. The Hall–Kier alpha value is -1.82. The van der Waals surface area contributed by atoms with Crippen LogP contribution < -0.4 is 16.6 Å². The van der Waals surface area contributed by atoms with Crippen LogP contribution in [-0.4, -0.2) is 18.4 Å². The van der Waals surface area contributed by atoms with Gasteiger partial charge in [0.2, 0.25) is 5.91 Å². The quantitative estimate of drug-likeness (QED) is 0.563. The molecule has 1 aromatic rings. The van der Waals surface area contributed by atoms with Crippen LogP contribution in [0.4, 0.5) is 0 Å². The number of carbonyl (C=O) groups excluding carboxylic acids is 2. The second-order valence-corrected chi connectivity index (χ2v) is 2.52. The first-order valence-electron chi connectivity index (χ1n) is 4.07. The Morgan fingerprint density at radius 2 is 2.21 bits per heavy atom. The van der Waals surface area contributed by atoms with Gasteiger partial charge in [-0.05, 0) is 12.1 Å². The van der Waals surface area contributed by atoms with Crippen LogP contribution in [-0.2, 0) is 4.79 Å². The number of furan rings is 1. The lowest BCUT2D eigenvalue weighted by Gasteiger charge is -2.03. The molecule has 1 rings (SSSR count). The van der Waals surface area contributed by atoms with Crippen LogP contribution in [0.25, 0.3) is 0 Å². The molecule has 76 valence electrons. The molecular formula is C8H11N3O3. The van der Waals surface area contributed by atoms with Gasteiger partial charge < -0.3 is 10.2 Å². The normalized spacial score (nSPS) is 9.50. The smallest absolute Gasteiger partial charge is 0.305 e. The number of nitrogens with one attached hydrogen (secondary N) is 2. The Bertz CT molecular complexity index is 308. The lowest BCUT2D eigenvalue weighted by molar-refractivity contribution is -0.121. The standard InChI is InChI=1S/C8H11N3O3/c9-4-3-7(12)10-11-8(13)6-2-1-5-14-6/h1-2,5H,3-4,9H2,(H,10,12)(H,11,13). The molecule has 0 spiro atoms. The number of hydrazine groups is 1. The van der Waals surface area contributed by atoms with Gasteiger partial charge in [-0.1, -0.05) is 0 Å². The topological polar surface area (TPSA) is 97.4 Å². The fraction of sp³-hybridized carbons (Fsp3) is 0.250. The average molecular weight is 197 g/mol. The molecule has 14 heavy (non-hydrogen) atoms. The van der Waals surface area contributed by atoms with Crippen LogP contribution in [0.3, 0.4) is 0 Å². The largest absolute Gasteiger partial charge is 0.459 e. The van der Waals surface area contributed by atoms with Crippen LogP contribution in [0.2, 0.25) is 0 Å². The van der Waals surface area contributed by atoms with Gasteiger partial charge in [0.1, 0.15) is 0 Å². The highest BCUT2D eigenvalue weighted by Crippen LogP contribution is 1.97. The highest BCUT2D eigenvalue weighted by Gasteiger charge is 2.08. The van der Waals surface area contributed by atoms with Gasteiger partial charge in [0, 0.05) is 13.0 Å². The van der Waals surface area contributed by atoms with E-state index in [2.05, 4.69) is 10.9 Å². The Kier molecular flexibility index (Phi) is 3.69. The van der Waals surface area contributed by atoms with Gasteiger partial charge in [0.15, 0.2) is 5.76 Å². The maximum Gasteiger partial charge on any atom is 0.305 e. The summed E-state index contributed by atoms with van der Waals surface area (Å²) in [4.78, 5) is 22.0. The van der Waals surface area contributed by atoms with E-state index in [1.165, 1.54) is 12.3 Å². The van der Waals surface area contributed by atoms with Gasteiger partial charge >= 0.3 is 5.91 Å². The third-order valence-electron chi connectivity index (χ3n) is 1.43. The minimum absolute atomic E-state index is 0.137. The third kappa shape index (κ3) is 2.91. The van der Waals surface area contributed by atoms with Gasteiger partial charge in [-0.3, -0.25) is 20.4 Å².